The lowest BCUT2D eigenvalue weighted by molar-refractivity contribution is 0.0997. The largest absolute Gasteiger partial charge is 0.493 e. The van der Waals surface area contributed by atoms with Gasteiger partial charge in [0.1, 0.15) is 11.3 Å². The molecule has 22 heavy (non-hydrogen) atoms. The summed E-state index contributed by atoms with van der Waals surface area (Å²) in [5.74, 6) is -2.60. The standard InChI is InChI=1S/C14H12ClF2N3O2/c1-22-12-7(2-9(16)4-11(12)17)5-20-6-8(15)3-10(13(20)18)14(19)21/h2-4,6,18H,5H2,1H3,(H2,19,21). The van der Waals surface area contributed by atoms with Crippen LogP contribution in [0, 0.1) is 17.0 Å². The van der Waals surface area contributed by atoms with Gasteiger partial charge in [-0.3, -0.25) is 10.2 Å². The Hall–Kier alpha value is -2.41. The van der Waals surface area contributed by atoms with Crippen molar-refractivity contribution in [2.45, 2.75) is 6.54 Å². The number of halogens is 3. The van der Waals surface area contributed by atoms with Crippen molar-refractivity contribution in [3.05, 3.63) is 57.7 Å². The van der Waals surface area contributed by atoms with Crippen LogP contribution in [0.15, 0.2) is 24.4 Å². The van der Waals surface area contributed by atoms with Crippen LogP contribution in [0.4, 0.5) is 8.78 Å². The van der Waals surface area contributed by atoms with E-state index in [0.717, 1.165) is 6.07 Å². The molecule has 0 spiro atoms. The molecule has 116 valence electrons. The number of rotatable bonds is 4. The van der Waals surface area contributed by atoms with Crippen molar-refractivity contribution >= 4 is 17.5 Å². The van der Waals surface area contributed by atoms with Gasteiger partial charge in [0.05, 0.1) is 24.2 Å². The topological polar surface area (TPSA) is 81.1 Å². The summed E-state index contributed by atoms with van der Waals surface area (Å²) < 4.78 is 33.2. The summed E-state index contributed by atoms with van der Waals surface area (Å²) in [6, 6.07) is 3.03. The maximum Gasteiger partial charge on any atom is 0.252 e. The fourth-order valence-corrected chi connectivity index (χ4v) is 2.29. The first-order valence-electron chi connectivity index (χ1n) is 6.09. The lowest BCUT2D eigenvalue weighted by atomic mass is 10.1. The zero-order chi connectivity index (χ0) is 16.4. The van der Waals surface area contributed by atoms with E-state index in [1.165, 1.54) is 23.9 Å². The Balaban J connectivity index is 2.57. The molecule has 5 nitrogen and oxygen atoms in total. The minimum atomic E-state index is -0.859. The van der Waals surface area contributed by atoms with Crippen LogP contribution < -0.4 is 16.0 Å². The summed E-state index contributed by atoms with van der Waals surface area (Å²) in [6.45, 7) is -0.114. The molecule has 2 aromatic rings. The number of hydrogen-bond acceptors (Lipinski definition) is 3. The highest BCUT2D eigenvalue weighted by Crippen LogP contribution is 2.24. The highest BCUT2D eigenvalue weighted by molar-refractivity contribution is 6.30. The number of primary amides is 1. The quantitative estimate of drug-likeness (QED) is 0.901. The molecule has 1 aromatic carbocycles. The van der Waals surface area contributed by atoms with E-state index in [-0.39, 0.29) is 33.9 Å². The van der Waals surface area contributed by atoms with E-state index in [2.05, 4.69) is 0 Å². The van der Waals surface area contributed by atoms with Gasteiger partial charge in [0.2, 0.25) is 0 Å². The van der Waals surface area contributed by atoms with Crippen molar-refractivity contribution in [3.63, 3.8) is 0 Å². The molecule has 0 aliphatic carbocycles. The molecule has 0 fully saturated rings. The van der Waals surface area contributed by atoms with Crippen molar-refractivity contribution < 1.29 is 18.3 Å². The first-order valence-corrected chi connectivity index (χ1v) is 6.47. The number of nitrogens with two attached hydrogens (primary N) is 1. The van der Waals surface area contributed by atoms with Crippen molar-refractivity contribution in [3.8, 4) is 5.75 Å². The zero-order valence-electron chi connectivity index (χ0n) is 11.5. The van der Waals surface area contributed by atoms with Crippen molar-refractivity contribution in [2.75, 3.05) is 7.11 Å². The normalized spacial score (nSPS) is 10.5. The number of pyridine rings is 1. The van der Waals surface area contributed by atoms with Gasteiger partial charge >= 0.3 is 0 Å². The molecule has 0 saturated heterocycles. The predicted molar refractivity (Wildman–Crippen MR) is 75.8 cm³/mol. The Morgan fingerprint density at radius 1 is 1.41 bits per heavy atom. The van der Waals surface area contributed by atoms with Crippen molar-refractivity contribution in [1.82, 2.24) is 4.57 Å². The number of hydrogen-bond donors (Lipinski definition) is 2. The number of carbonyl (C=O) groups excluding carboxylic acids is 1. The summed E-state index contributed by atoms with van der Waals surface area (Å²) in [5.41, 5.74) is 5.02. The third kappa shape index (κ3) is 3.09. The number of benzene rings is 1. The van der Waals surface area contributed by atoms with Gasteiger partial charge in [-0.2, -0.15) is 0 Å². The van der Waals surface area contributed by atoms with Gasteiger partial charge < -0.3 is 15.0 Å². The van der Waals surface area contributed by atoms with E-state index in [0.29, 0.717) is 6.07 Å². The third-order valence-corrected chi connectivity index (χ3v) is 3.21. The van der Waals surface area contributed by atoms with Crippen LogP contribution in [0.2, 0.25) is 5.02 Å². The minimum Gasteiger partial charge on any atom is -0.493 e. The summed E-state index contributed by atoms with van der Waals surface area (Å²) in [6.07, 6.45) is 1.36. The number of nitrogens with one attached hydrogen (secondary N) is 1. The average molecular weight is 328 g/mol. The smallest absolute Gasteiger partial charge is 0.252 e. The number of aromatic nitrogens is 1. The molecule has 1 aromatic heterocycles. The molecule has 8 heteroatoms. The average Bonchev–Trinajstić information content (AvgIpc) is 2.41. The van der Waals surface area contributed by atoms with Crippen LogP contribution in [0.5, 0.6) is 5.75 Å². The van der Waals surface area contributed by atoms with E-state index in [9.17, 15) is 13.6 Å². The maximum atomic E-state index is 13.7. The zero-order valence-corrected chi connectivity index (χ0v) is 12.2. The minimum absolute atomic E-state index is 0.0941. The SMILES string of the molecule is COc1c(F)cc(F)cc1Cn1cc(Cl)cc(C(N)=O)c1=N. The van der Waals surface area contributed by atoms with Crippen LogP contribution in [0.25, 0.3) is 0 Å². The molecule has 0 aliphatic heterocycles. The van der Waals surface area contributed by atoms with Gasteiger partial charge in [-0.25, -0.2) is 8.78 Å². The molecule has 0 unspecified atom stereocenters. The molecule has 2 rings (SSSR count). The first kappa shape index (κ1) is 16.0. The van der Waals surface area contributed by atoms with E-state index >= 15 is 0 Å². The molecule has 3 N–H and O–H groups in total. The van der Waals surface area contributed by atoms with Crippen LogP contribution in [0.3, 0.4) is 0 Å². The Morgan fingerprint density at radius 3 is 2.68 bits per heavy atom. The number of carbonyl (C=O) groups is 1. The van der Waals surface area contributed by atoms with Crippen LogP contribution in [-0.4, -0.2) is 17.6 Å². The summed E-state index contributed by atoms with van der Waals surface area (Å²) in [5, 5.41) is 8.10. The van der Waals surface area contributed by atoms with Gasteiger partial charge in [-0.05, 0) is 12.1 Å². The molecule has 0 atom stereocenters. The molecule has 1 heterocycles. The monoisotopic (exact) mass is 327 g/mol. The van der Waals surface area contributed by atoms with Crippen molar-refractivity contribution in [1.29, 1.82) is 5.41 Å². The lowest BCUT2D eigenvalue weighted by Crippen LogP contribution is -2.30. The predicted octanol–water partition coefficient (Wildman–Crippen LogP) is 2.05. The second-order valence-electron chi connectivity index (χ2n) is 4.49. The highest BCUT2D eigenvalue weighted by atomic mass is 35.5. The Labute approximate surface area is 129 Å². The number of methoxy groups -OCH3 is 1. The van der Waals surface area contributed by atoms with Crippen molar-refractivity contribution in [2.24, 2.45) is 5.73 Å². The third-order valence-electron chi connectivity index (χ3n) is 3.00. The van der Waals surface area contributed by atoms with Crippen LogP contribution in [-0.2, 0) is 6.54 Å². The fraction of sp³-hybridized carbons (Fsp3) is 0.143. The maximum absolute atomic E-state index is 13.7. The fourth-order valence-electron chi connectivity index (χ4n) is 2.07. The van der Waals surface area contributed by atoms with Gasteiger partial charge in [0, 0.05) is 17.8 Å². The van der Waals surface area contributed by atoms with E-state index in [4.69, 9.17) is 27.5 Å². The number of amides is 1. The molecule has 0 radical (unpaired) electrons. The molecule has 0 aliphatic rings. The van der Waals surface area contributed by atoms with E-state index < -0.39 is 17.5 Å². The highest BCUT2D eigenvalue weighted by Gasteiger charge is 2.14. The lowest BCUT2D eigenvalue weighted by Gasteiger charge is -2.13. The Bertz CT molecular complexity index is 805. The molecular weight excluding hydrogens is 316 g/mol. The number of ether oxygens (including phenoxy) is 1. The summed E-state index contributed by atoms with van der Waals surface area (Å²) in [4.78, 5) is 11.3. The summed E-state index contributed by atoms with van der Waals surface area (Å²) in [7, 11) is 1.25. The first-order chi connectivity index (χ1) is 10.3. The second kappa shape index (κ2) is 6.15. The van der Waals surface area contributed by atoms with Gasteiger partial charge in [0.25, 0.3) is 5.91 Å². The molecule has 0 bridgehead atoms. The Kier molecular flexibility index (Phi) is 4.46. The van der Waals surface area contributed by atoms with E-state index in [1.54, 1.807) is 0 Å². The van der Waals surface area contributed by atoms with Gasteiger partial charge in [0.15, 0.2) is 11.6 Å². The van der Waals surface area contributed by atoms with Crippen LogP contribution in [0.1, 0.15) is 15.9 Å². The van der Waals surface area contributed by atoms with Crippen LogP contribution >= 0.6 is 11.6 Å². The molecule has 0 saturated carbocycles. The van der Waals surface area contributed by atoms with Gasteiger partial charge in [-0.1, -0.05) is 11.6 Å². The number of nitrogens with zero attached hydrogens (tertiary/aromatic N) is 1. The molecule has 1 amide bonds. The second-order valence-corrected chi connectivity index (χ2v) is 4.93. The summed E-state index contributed by atoms with van der Waals surface area (Å²) >= 11 is 5.88. The van der Waals surface area contributed by atoms with Gasteiger partial charge in [-0.15, -0.1) is 0 Å². The molecular formula is C14H12ClF2N3O2. The van der Waals surface area contributed by atoms with E-state index in [1.807, 2.05) is 0 Å². The Morgan fingerprint density at radius 2 is 2.09 bits per heavy atom.